The van der Waals surface area contributed by atoms with Crippen LogP contribution in [0.2, 0.25) is 5.15 Å². The molecule has 0 amide bonds. The minimum atomic E-state index is 0.378. The first-order chi connectivity index (χ1) is 7.10. The summed E-state index contributed by atoms with van der Waals surface area (Å²) in [6.45, 7) is 5.73. The van der Waals surface area contributed by atoms with Crippen LogP contribution < -0.4 is 5.32 Å². The van der Waals surface area contributed by atoms with Gasteiger partial charge in [-0.25, -0.2) is 0 Å². The average Bonchev–Trinajstić information content (AvgIpc) is 2.44. The number of nitrogens with one attached hydrogen (secondary N) is 1. The normalized spacial score (nSPS) is 12.8. The van der Waals surface area contributed by atoms with Crippen LogP contribution in [-0.2, 0) is 13.5 Å². The fourth-order valence-electron chi connectivity index (χ4n) is 1.66. The van der Waals surface area contributed by atoms with Crippen LogP contribution >= 0.6 is 11.6 Å². The molecule has 3 nitrogen and oxygen atoms in total. The van der Waals surface area contributed by atoms with Crippen molar-refractivity contribution in [3.05, 3.63) is 29.1 Å². The van der Waals surface area contributed by atoms with Crippen molar-refractivity contribution in [1.82, 2.24) is 15.1 Å². The Kier molecular flexibility index (Phi) is 4.36. The molecule has 0 radical (unpaired) electrons. The molecule has 0 saturated carbocycles. The standard InChI is InChI=1S/C11H18ClN3/c1-5-6-9(13-3)7-10-8(2)14-15(4)11(10)12/h5,9,13H,1,6-7H2,2-4H3. The third-order valence-electron chi connectivity index (χ3n) is 2.58. The average molecular weight is 228 g/mol. The molecule has 1 N–H and O–H groups in total. The van der Waals surface area contributed by atoms with E-state index < -0.39 is 0 Å². The molecular weight excluding hydrogens is 210 g/mol. The third kappa shape index (κ3) is 2.83. The maximum Gasteiger partial charge on any atom is 0.130 e. The van der Waals surface area contributed by atoms with Gasteiger partial charge in [-0.05, 0) is 26.8 Å². The zero-order chi connectivity index (χ0) is 11.4. The van der Waals surface area contributed by atoms with E-state index in [-0.39, 0.29) is 0 Å². The Morgan fingerprint density at radius 2 is 2.33 bits per heavy atom. The van der Waals surface area contributed by atoms with Crippen LogP contribution in [0.25, 0.3) is 0 Å². The van der Waals surface area contributed by atoms with E-state index in [2.05, 4.69) is 17.0 Å². The molecule has 0 fully saturated rings. The highest BCUT2D eigenvalue weighted by Crippen LogP contribution is 2.20. The van der Waals surface area contributed by atoms with Gasteiger partial charge < -0.3 is 5.32 Å². The van der Waals surface area contributed by atoms with Gasteiger partial charge in [-0.2, -0.15) is 5.10 Å². The lowest BCUT2D eigenvalue weighted by molar-refractivity contribution is 0.565. The molecule has 1 rings (SSSR count). The summed E-state index contributed by atoms with van der Waals surface area (Å²) in [6.07, 6.45) is 3.74. The van der Waals surface area contributed by atoms with E-state index in [1.165, 1.54) is 0 Å². The first-order valence-corrected chi connectivity index (χ1v) is 5.44. The molecule has 0 bridgehead atoms. The predicted octanol–water partition coefficient (Wildman–Crippen LogP) is 2.09. The maximum atomic E-state index is 6.16. The van der Waals surface area contributed by atoms with Crippen LogP contribution in [0.5, 0.6) is 0 Å². The van der Waals surface area contributed by atoms with Gasteiger partial charge in [0.1, 0.15) is 5.15 Å². The fourth-order valence-corrected chi connectivity index (χ4v) is 1.91. The minimum Gasteiger partial charge on any atom is -0.316 e. The van der Waals surface area contributed by atoms with Gasteiger partial charge in [0.15, 0.2) is 0 Å². The summed E-state index contributed by atoms with van der Waals surface area (Å²) >= 11 is 6.16. The molecule has 84 valence electrons. The first-order valence-electron chi connectivity index (χ1n) is 5.06. The number of nitrogens with zero attached hydrogens (tertiary/aromatic N) is 2. The van der Waals surface area contributed by atoms with Gasteiger partial charge in [0.2, 0.25) is 0 Å². The Bertz CT molecular complexity index is 344. The molecule has 0 aliphatic heterocycles. The second-order valence-electron chi connectivity index (χ2n) is 3.69. The summed E-state index contributed by atoms with van der Waals surface area (Å²) in [5.74, 6) is 0. The summed E-state index contributed by atoms with van der Waals surface area (Å²) in [6, 6.07) is 0.378. The lowest BCUT2D eigenvalue weighted by Crippen LogP contribution is -2.27. The van der Waals surface area contributed by atoms with Crippen LogP contribution in [-0.4, -0.2) is 22.9 Å². The van der Waals surface area contributed by atoms with Gasteiger partial charge in [0, 0.05) is 18.7 Å². The molecule has 1 atom stereocenters. The van der Waals surface area contributed by atoms with E-state index in [1.54, 1.807) is 4.68 Å². The van der Waals surface area contributed by atoms with Gasteiger partial charge in [0.05, 0.1) is 5.69 Å². The highest BCUT2D eigenvalue weighted by molar-refractivity contribution is 6.30. The van der Waals surface area contributed by atoms with Crippen LogP contribution in [0.4, 0.5) is 0 Å². The maximum absolute atomic E-state index is 6.16. The monoisotopic (exact) mass is 227 g/mol. The number of aryl methyl sites for hydroxylation is 2. The predicted molar refractivity (Wildman–Crippen MR) is 64.3 cm³/mol. The van der Waals surface area contributed by atoms with Crippen molar-refractivity contribution in [1.29, 1.82) is 0 Å². The van der Waals surface area contributed by atoms with Crippen molar-refractivity contribution in [2.24, 2.45) is 7.05 Å². The molecular formula is C11H18ClN3. The summed E-state index contributed by atoms with van der Waals surface area (Å²) < 4.78 is 1.72. The molecule has 1 aromatic heterocycles. The molecule has 0 saturated heterocycles. The molecule has 0 spiro atoms. The Morgan fingerprint density at radius 1 is 1.67 bits per heavy atom. The second-order valence-corrected chi connectivity index (χ2v) is 4.05. The van der Waals surface area contributed by atoms with Crippen molar-refractivity contribution in [2.45, 2.75) is 25.8 Å². The van der Waals surface area contributed by atoms with E-state index in [0.717, 1.165) is 29.3 Å². The topological polar surface area (TPSA) is 29.9 Å². The number of aromatic nitrogens is 2. The Balaban J connectivity index is 2.82. The molecule has 0 aromatic carbocycles. The lowest BCUT2D eigenvalue weighted by Gasteiger charge is -2.13. The van der Waals surface area contributed by atoms with Crippen molar-refractivity contribution >= 4 is 11.6 Å². The smallest absolute Gasteiger partial charge is 0.130 e. The van der Waals surface area contributed by atoms with Gasteiger partial charge in [0.25, 0.3) is 0 Å². The molecule has 15 heavy (non-hydrogen) atoms. The third-order valence-corrected chi connectivity index (χ3v) is 3.05. The number of likely N-dealkylation sites (N-methyl/N-ethyl adjacent to an activating group) is 1. The summed E-state index contributed by atoms with van der Waals surface area (Å²) in [5, 5.41) is 8.27. The van der Waals surface area contributed by atoms with Crippen LogP contribution in [0.15, 0.2) is 12.7 Å². The minimum absolute atomic E-state index is 0.378. The van der Waals surface area contributed by atoms with Crippen molar-refractivity contribution in [2.75, 3.05) is 7.05 Å². The fraction of sp³-hybridized carbons (Fsp3) is 0.545. The van der Waals surface area contributed by atoms with Gasteiger partial charge in [-0.3, -0.25) is 4.68 Å². The molecule has 1 aromatic rings. The molecule has 0 aliphatic rings. The van der Waals surface area contributed by atoms with E-state index in [0.29, 0.717) is 6.04 Å². The Labute approximate surface area is 96.1 Å². The number of hydrogen-bond donors (Lipinski definition) is 1. The van der Waals surface area contributed by atoms with E-state index in [9.17, 15) is 0 Å². The largest absolute Gasteiger partial charge is 0.316 e. The van der Waals surface area contributed by atoms with Gasteiger partial charge in [-0.1, -0.05) is 17.7 Å². The first kappa shape index (κ1) is 12.3. The van der Waals surface area contributed by atoms with E-state index >= 15 is 0 Å². The van der Waals surface area contributed by atoms with Crippen molar-refractivity contribution in [3.63, 3.8) is 0 Å². The Morgan fingerprint density at radius 3 is 2.73 bits per heavy atom. The van der Waals surface area contributed by atoms with E-state index in [1.807, 2.05) is 27.1 Å². The highest BCUT2D eigenvalue weighted by atomic mass is 35.5. The molecule has 1 heterocycles. The lowest BCUT2D eigenvalue weighted by atomic mass is 10.0. The number of hydrogen-bond acceptors (Lipinski definition) is 2. The van der Waals surface area contributed by atoms with Gasteiger partial charge in [-0.15, -0.1) is 6.58 Å². The van der Waals surface area contributed by atoms with Crippen LogP contribution in [0.1, 0.15) is 17.7 Å². The number of rotatable bonds is 5. The van der Waals surface area contributed by atoms with Crippen molar-refractivity contribution in [3.8, 4) is 0 Å². The highest BCUT2D eigenvalue weighted by Gasteiger charge is 2.14. The Hall–Kier alpha value is -0.800. The van der Waals surface area contributed by atoms with Crippen molar-refractivity contribution < 1.29 is 0 Å². The summed E-state index contributed by atoms with van der Waals surface area (Å²) in [4.78, 5) is 0. The van der Waals surface area contributed by atoms with Crippen LogP contribution in [0, 0.1) is 6.92 Å². The summed E-state index contributed by atoms with van der Waals surface area (Å²) in [7, 11) is 3.81. The SMILES string of the molecule is C=CCC(Cc1c(C)nn(C)c1Cl)NC. The number of halogens is 1. The quantitative estimate of drug-likeness (QED) is 0.781. The summed E-state index contributed by atoms with van der Waals surface area (Å²) in [5.41, 5.74) is 2.13. The molecule has 1 unspecified atom stereocenters. The second kappa shape index (κ2) is 5.33. The zero-order valence-corrected chi connectivity index (χ0v) is 10.3. The van der Waals surface area contributed by atoms with Gasteiger partial charge >= 0.3 is 0 Å². The zero-order valence-electron chi connectivity index (χ0n) is 9.55. The molecule has 4 heteroatoms. The van der Waals surface area contributed by atoms with Crippen LogP contribution in [0.3, 0.4) is 0 Å². The molecule has 0 aliphatic carbocycles. The van der Waals surface area contributed by atoms with E-state index in [4.69, 9.17) is 11.6 Å².